The van der Waals surface area contributed by atoms with Gasteiger partial charge in [0, 0.05) is 6.54 Å². The highest BCUT2D eigenvalue weighted by Crippen LogP contribution is 2.19. The third kappa shape index (κ3) is 8.24. The van der Waals surface area contributed by atoms with Gasteiger partial charge >= 0.3 is 5.97 Å². The van der Waals surface area contributed by atoms with Crippen molar-refractivity contribution >= 4 is 29.6 Å². The van der Waals surface area contributed by atoms with Crippen molar-refractivity contribution in [2.24, 2.45) is 17.6 Å². The van der Waals surface area contributed by atoms with E-state index in [-0.39, 0.29) is 24.8 Å². The zero-order valence-electron chi connectivity index (χ0n) is 20.5. The first-order valence-electron chi connectivity index (χ1n) is 11.6. The Morgan fingerprint density at radius 3 is 2.06 bits per heavy atom. The van der Waals surface area contributed by atoms with Gasteiger partial charge in [0.2, 0.25) is 23.6 Å². The number of carboxylic acids is 1. The van der Waals surface area contributed by atoms with E-state index in [1.54, 1.807) is 13.8 Å². The summed E-state index contributed by atoms with van der Waals surface area (Å²) in [5, 5.41) is 26.3. The minimum atomic E-state index is -1.33. The SMILES string of the molecule is CC(C)CC(NC(=O)C(N)C(C)C)C(=O)NC(CO)C(=O)N1CCCC1C(=O)NC(C)C(=O)O. The Bertz CT molecular complexity index is 758. The number of nitrogens with zero attached hydrogens (tertiary/aromatic N) is 1. The molecule has 12 heteroatoms. The maximum atomic E-state index is 13.1. The van der Waals surface area contributed by atoms with Crippen LogP contribution in [0.5, 0.6) is 0 Å². The second kappa shape index (κ2) is 13.2. The van der Waals surface area contributed by atoms with E-state index in [9.17, 15) is 29.1 Å². The third-order valence-electron chi connectivity index (χ3n) is 5.73. The number of amides is 4. The summed E-state index contributed by atoms with van der Waals surface area (Å²) in [6.07, 6.45) is 1.13. The monoisotopic (exact) mass is 485 g/mol. The summed E-state index contributed by atoms with van der Waals surface area (Å²) in [7, 11) is 0. The summed E-state index contributed by atoms with van der Waals surface area (Å²) in [6.45, 7) is 8.12. The number of carbonyl (C=O) groups is 5. The van der Waals surface area contributed by atoms with Crippen LogP contribution in [-0.4, -0.2) is 88.1 Å². The van der Waals surface area contributed by atoms with E-state index in [1.165, 1.54) is 11.8 Å². The largest absolute Gasteiger partial charge is 0.480 e. The van der Waals surface area contributed by atoms with Gasteiger partial charge < -0.3 is 36.8 Å². The van der Waals surface area contributed by atoms with Gasteiger partial charge in [-0.2, -0.15) is 0 Å². The maximum absolute atomic E-state index is 13.1. The van der Waals surface area contributed by atoms with Gasteiger partial charge in [0.15, 0.2) is 0 Å². The van der Waals surface area contributed by atoms with Gasteiger partial charge in [-0.1, -0.05) is 27.7 Å². The van der Waals surface area contributed by atoms with Crippen LogP contribution in [-0.2, 0) is 24.0 Å². The molecule has 5 atom stereocenters. The molecule has 0 aromatic rings. The lowest BCUT2D eigenvalue weighted by Gasteiger charge is -2.30. The highest BCUT2D eigenvalue weighted by atomic mass is 16.4. The molecule has 34 heavy (non-hydrogen) atoms. The molecule has 0 aromatic heterocycles. The van der Waals surface area contributed by atoms with E-state index in [0.29, 0.717) is 12.8 Å². The van der Waals surface area contributed by atoms with Gasteiger partial charge in [-0.3, -0.25) is 24.0 Å². The topological polar surface area (TPSA) is 191 Å². The summed E-state index contributed by atoms with van der Waals surface area (Å²) < 4.78 is 0. The lowest BCUT2D eigenvalue weighted by molar-refractivity contribution is -0.145. The Balaban J connectivity index is 2.93. The summed E-state index contributed by atoms with van der Waals surface area (Å²) in [5.41, 5.74) is 5.88. The zero-order valence-corrected chi connectivity index (χ0v) is 20.5. The average molecular weight is 486 g/mol. The quantitative estimate of drug-likeness (QED) is 0.193. The normalized spacial score (nSPS) is 19.3. The van der Waals surface area contributed by atoms with Crippen LogP contribution in [0.25, 0.3) is 0 Å². The van der Waals surface area contributed by atoms with Gasteiger partial charge in [-0.15, -0.1) is 0 Å². The molecule has 1 aliphatic heterocycles. The molecule has 194 valence electrons. The van der Waals surface area contributed by atoms with Crippen molar-refractivity contribution in [2.75, 3.05) is 13.2 Å². The molecule has 12 nitrogen and oxygen atoms in total. The number of nitrogens with two attached hydrogens (primary N) is 1. The molecular weight excluding hydrogens is 446 g/mol. The Morgan fingerprint density at radius 1 is 0.971 bits per heavy atom. The highest BCUT2D eigenvalue weighted by molar-refractivity contribution is 5.95. The van der Waals surface area contributed by atoms with Crippen LogP contribution in [0.2, 0.25) is 0 Å². The van der Waals surface area contributed by atoms with Gasteiger partial charge in [-0.05, 0) is 38.0 Å². The number of hydrogen-bond acceptors (Lipinski definition) is 7. The van der Waals surface area contributed by atoms with Crippen LogP contribution in [0, 0.1) is 11.8 Å². The average Bonchev–Trinajstić information content (AvgIpc) is 3.25. The number of carbonyl (C=O) groups excluding carboxylic acids is 4. The van der Waals surface area contributed by atoms with E-state index < -0.39 is 66.4 Å². The number of aliphatic hydroxyl groups is 1. The van der Waals surface area contributed by atoms with E-state index >= 15 is 0 Å². The molecular formula is C22H39N5O7. The van der Waals surface area contributed by atoms with Crippen LogP contribution in [0.3, 0.4) is 0 Å². The zero-order chi connectivity index (χ0) is 26.2. The Morgan fingerprint density at radius 2 is 1.56 bits per heavy atom. The van der Waals surface area contributed by atoms with Crippen molar-refractivity contribution in [1.82, 2.24) is 20.9 Å². The highest BCUT2D eigenvalue weighted by Gasteiger charge is 2.39. The molecule has 1 saturated heterocycles. The van der Waals surface area contributed by atoms with Crippen molar-refractivity contribution in [3.63, 3.8) is 0 Å². The van der Waals surface area contributed by atoms with Crippen LogP contribution < -0.4 is 21.7 Å². The standard InChI is InChI=1S/C22H39N5O7/c1-11(2)9-14(25-20(31)17(23)12(3)4)18(29)26-15(10-28)21(32)27-8-6-7-16(27)19(30)24-13(5)22(33)34/h11-17,28H,6-10,23H2,1-5H3,(H,24,30)(H,25,31)(H,26,29)(H,33,34). The Hall–Kier alpha value is -2.73. The maximum Gasteiger partial charge on any atom is 0.325 e. The third-order valence-corrected chi connectivity index (χ3v) is 5.73. The minimum Gasteiger partial charge on any atom is -0.480 e. The van der Waals surface area contributed by atoms with Crippen molar-refractivity contribution in [3.05, 3.63) is 0 Å². The number of aliphatic hydroxyl groups excluding tert-OH is 1. The number of rotatable bonds is 12. The first-order chi connectivity index (χ1) is 15.8. The number of hydrogen-bond donors (Lipinski definition) is 6. The first kappa shape index (κ1) is 29.3. The number of carboxylic acid groups (broad SMARTS) is 1. The van der Waals surface area contributed by atoms with Crippen molar-refractivity contribution in [3.8, 4) is 0 Å². The predicted octanol–water partition coefficient (Wildman–Crippen LogP) is -1.44. The van der Waals surface area contributed by atoms with Gasteiger partial charge in [0.05, 0.1) is 12.6 Å². The van der Waals surface area contributed by atoms with Crippen LogP contribution >= 0.6 is 0 Å². The van der Waals surface area contributed by atoms with E-state index in [2.05, 4.69) is 16.0 Å². The Labute approximate surface area is 200 Å². The molecule has 0 saturated carbocycles. The van der Waals surface area contributed by atoms with Crippen LogP contribution in [0.4, 0.5) is 0 Å². The molecule has 0 aliphatic carbocycles. The lowest BCUT2D eigenvalue weighted by Crippen LogP contribution is -2.59. The molecule has 5 unspecified atom stereocenters. The fourth-order valence-corrected chi connectivity index (χ4v) is 3.61. The summed E-state index contributed by atoms with van der Waals surface area (Å²) in [4.78, 5) is 63.2. The Kier molecular flexibility index (Phi) is 11.4. The van der Waals surface area contributed by atoms with Crippen molar-refractivity contribution in [2.45, 2.75) is 84.1 Å². The smallest absolute Gasteiger partial charge is 0.325 e. The molecule has 0 radical (unpaired) electrons. The number of nitrogens with one attached hydrogen (secondary N) is 3. The molecule has 4 amide bonds. The molecule has 1 rings (SSSR count). The van der Waals surface area contributed by atoms with Crippen molar-refractivity contribution < 1.29 is 34.2 Å². The second-order valence-corrected chi connectivity index (χ2v) is 9.46. The number of likely N-dealkylation sites (tertiary alicyclic amines) is 1. The lowest BCUT2D eigenvalue weighted by atomic mass is 10.00. The molecule has 1 heterocycles. The predicted molar refractivity (Wildman–Crippen MR) is 123 cm³/mol. The first-order valence-corrected chi connectivity index (χ1v) is 11.6. The number of aliphatic carboxylic acids is 1. The van der Waals surface area contributed by atoms with Crippen LogP contribution in [0.1, 0.15) is 53.9 Å². The molecule has 1 aliphatic rings. The molecule has 0 bridgehead atoms. The fraction of sp³-hybridized carbons (Fsp3) is 0.773. The van der Waals surface area contributed by atoms with E-state index in [4.69, 9.17) is 10.8 Å². The van der Waals surface area contributed by atoms with E-state index in [1.807, 2.05) is 13.8 Å². The second-order valence-electron chi connectivity index (χ2n) is 9.46. The molecule has 0 aromatic carbocycles. The molecule has 7 N–H and O–H groups in total. The summed E-state index contributed by atoms with van der Waals surface area (Å²) >= 11 is 0. The summed E-state index contributed by atoms with van der Waals surface area (Å²) in [6, 6.07) is -5.14. The fourth-order valence-electron chi connectivity index (χ4n) is 3.61. The van der Waals surface area contributed by atoms with Gasteiger partial charge in [-0.25, -0.2) is 0 Å². The molecule has 0 spiro atoms. The molecule has 1 fully saturated rings. The summed E-state index contributed by atoms with van der Waals surface area (Å²) in [5.74, 6) is -3.73. The minimum absolute atomic E-state index is 0.0393. The van der Waals surface area contributed by atoms with Crippen LogP contribution in [0.15, 0.2) is 0 Å². The van der Waals surface area contributed by atoms with Gasteiger partial charge in [0.1, 0.15) is 24.2 Å². The van der Waals surface area contributed by atoms with E-state index in [0.717, 1.165) is 0 Å². The van der Waals surface area contributed by atoms with Crippen molar-refractivity contribution in [1.29, 1.82) is 0 Å². The van der Waals surface area contributed by atoms with Gasteiger partial charge in [0.25, 0.3) is 0 Å².